The Morgan fingerprint density at radius 1 is 1.31 bits per heavy atom. The lowest BCUT2D eigenvalue weighted by Gasteiger charge is -2.17. The van der Waals surface area contributed by atoms with Crippen molar-refractivity contribution in [2.75, 3.05) is 39.3 Å². The van der Waals surface area contributed by atoms with E-state index in [1.165, 1.54) is 4.90 Å². The first-order chi connectivity index (χ1) is 12.4. The van der Waals surface area contributed by atoms with Gasteiger partial charge in [-0.25, -0.2) is 0 Å². The van der Waals surface area contributed by atoms with Gasteiger partial charge in [-0.15, -0.1) is 0 Å². The summed E-state index contributed by atoms with van der Waals surface area (Å²) < 4.78 is 37.4. The van der Waals surface area contributed by atoms with E-state index in [0.717, 1.165) is 30.0 Å². The number of hydrogen-bond acceptors (Lipinski definition) is 2. The maximum Gasteiger partial charge on any atom is 0.401 e. The molecule has 26 heavy (non-hydrogen) atoms. The summed E-state index contributed by atoms with van der Waals surface area (Å²) in [6, 6.07) is 7.70. The third kappa shape index (κ3) is 7.41. The van der Waals surface area contributed by atoms with Crippen LogP contribution < -0.4 is 10.6 Å². The minimum atomic E-state index is -4.13. The van der Waals surface area contributed by atoms with Crippen LogP contribution in [0.2, 0.25) is 5.02 Å². The molecule has 1 fully saturated rings. The Labute approximate surface area is 157 Å². The van der Waals surface area contributed by atoms with Crippen LogP contribution >= 0.6 is 11.6 Å². The molecule has 1 aromatic rings. The number of hydrogen-bond donors (Lipinski definition) is 2. The highest BCUT2D eigenvalue weighted by Crippen LogP contribution is 2.22. The number of likely N-dealkylation sites (tertiary alicyclic amines) is 1. The van der Waals surface area contributed by atoms with Crippen LogP contribution in [-0.4, -0.2) is 56.3 Å². The van der Waals surface area contributed by atoms with E-state index in [1.54, 1.807) is 0 Å². The maximum atomic E-state index is 12.5. The summed E-state index contributed by atoms with van der Waals surface area (Å²) in [7, 11) is 0. The van der Waals surface area contributed by atoms with Gasteiger partial charge in [-0.05, 0) is 43.9 Å². The van der Waals surface area contributed by atoms with Crippen LogP contribution in [0.15, 0.2) is 29.3 Å². The molecule has 0 bridgehead atoms. The molecule has 1 aliphatic rings. The summed E-state index contributed by atoms with van der Waals surface area (Å²) in [6.07, 6.45) is -2.61. The second kappa shape index (κ2) is 10.0. The Bertz CT molecular complexity index is 592. The fourth-order valence-corrected chi connectivity index (χ4v) is 3.27. The van der Waals surface area contributed by atoms with Crippen molar-refractivity contribution in [3.05, 3.63) is 34.9 Å². The first-order valence-corrected chi connectivity index (χ1v) is 9.30. The standard InChI is InChI=1S/C18H26ClF3N4/c1-2-23-17(24-9-7-15-5-3-4-6-16(15)19)25-11-14-8-10-26(12-14)13-18(20,21)22/h3-6,14H,2,7-13H2,1H3,(H2,23,24,25). The molecular weight excluding hydrogens is 365 g/mol. The summed E-state index contributed by atoms with van der Waals surface area (Å²) in [6.45, 7) is 4.01. The van der Waals surface area contributed by atoms with Crippen LogP contribution in [0.1, 0.15) is 18.9 Å². The van der Waals surface area contributed by atoms with Crippen molar-refractivity contribution >= 4 is 17.6 Å². The predicted molar refractivity (Wildman–Crippen MR) is 99.7 cm³/mol. The number of guanidine groups is 1. The smallest absolute Gasteiger partial charge is 0.357 e. The molecule has 1 aliphatic heterocycles. The predicted octanol–water partition coefficient (Wildman–Crippen LogP) is 3.32. The lowest BCUT2D eigenvalue weighted by molar-refractivity contribution is -0.143. The van der Waals surface area contributed by atoms with Crippen molar-refractivity contribution in [1.29, 1.82) is 0 Å². The summed E-state index contributed by atoms with van der Waals surface area (Å²) in [5.74, 6) is 0.852. The van der Waals surface area contributed by atoms with E-state index in [1.807, 2.05) is 31.2 Å². The van der Waals surface area contributed by atoms with Crippen LogP contribution in [0, 0.1) is 5.92 Å². The Kier molecular flexibility index (Phi) is 8.03. The summed E-state index contributed by atoms with van der Waals surface area (Å²) in [5.41, 5.74) is 1.07. The highest BCUT2D eigenvalue weighted by atomic mass is 35.5. The molecule has 0 aromatic heterocycles. The minimum absolute atomic E-state index is 0.163. The van der Waals surface area contributed by atoms with Crippen LogP contribution in [0.25, 0.3) is 0 Å². The zero-order valence-electron chi connectivity index (χ0n) is 14.9. The van der Waals surface area contributed by atoms with Gasteiger partial charge in [0.25, 0.3) is 0 Å². The number of halogens is 4. The van der Waals surface area contributed by atoms with Gasteiger partial charge in [0.05, 0.1) is 6.54 Å². The molecule has 0 spiro atoms. The summed E-state index contributed by atoms with van der Waals surface area (Å²) in [4.78, 5) is 5.99. The molecule has 0 radical (unpaired) electrons. The fourth-order valence-electron chi connectivity index (χ4n) is 3.04. The van der Waals surface area contributed by atoms with Gasteiger partial charge in [-0.3, -0.25) is 9.89 Å². The number of rotatable bonds is 7. The van der Waals surface area contributed by atoms with Crippen molar-refractivity contribution in [3.8, 4) is 0 Å². The van der Waals surface area contributed by atoms with E-state index < -0.39 is 12.7 Å². The monoisotopic (exact) mass is 390 g/mol. The lowest BCUT2D eigenvalue weighted by Crippen LogP contribution is -2.39. The third-order valence-corrected chi connectivity index (χ3v) is 4.64. The van der Waals surface area contributed by atoms with Crippen molar-refractivity contribution in [2.45, 2.75) is 25.9 Å². The van der Waals surface area contributed by atoms with Crippen LogP contribution in [0.4, 0.5) is 13.2 Å². The number of benzene rings is 1. The number of nitrogens with one attached hydrogen (secondary N) is 2. The average molecular weight is 391 g/mol. The van der Waals surface area contributed by atoms with E-state index in [4.69, 9.17) is 11.6 Å². The molecule has 1 saturated heterocycles. The Balaban J connectivity index is 1.78. The number of alkyl halides is 3. The van der Waals surface area contributed by atoms with Gasteiger partial charge in [0.15, 0.2) is 5.96 Å². The molecule has 1 atom stereocenters. The van der Waals surface area contributed by atoms with Crippen molar-refractivity contribution in [2.24, 2.45) is 10.9 Å². The van der Waals surface area contributed by atoms with Crippen molar-refractivity contribution in [1.82, 2.24) is 15.5 Å². The SMILES string of the molecule is CCNC(=NCC1CCN(CC(F)(F)F)C1)NCCc1ccccc1Cl. The Morgan fingerprint density at radius 2 is 2.08 bits per heavy atom. The topological polar surface area (TPSA) is 39.7 Å². The average Bonchev–Trinajstić information content (AvgIpc) is 3.00. The van der Waals surface area contributed by atoms with E-state index >= 15 is 0 Å². The second-order valence-corrected chi connectivity index (χ2v) is 6.90. The zero-order chi connectivity index (χ0) is 19.0. The fraction of sp³-hybridized carbons (Fsp3) is 0.611. The van der Waals surface area contributed by atoms with Crippen LogP contribution in [-0.2, 0) is 6.42 Å². The minimum Gasteiger partial charge on any atom is -0.357 e. The number of aliphatic imine (C=N–C) groups is 1. The van der Waals surface area contributed by atoms with Gasteiger partial charge in [-0.2, -0.15) is 13.2 Å². The van der Waals surface area contributed by atoms with Crippen LogP contribution in [0.3, 0.4) is 0 Å². The molecule has 2 N–H and O–H groups in total. The van der Waals surface area contributed by atoms with Gasteiger partial charge in [-0.1, -0.05) is 29.8 Å². The molecule has 1 aromatic carbocycles. The quantitative estimate of drug-likeness (QED) is 0.554. The Morgan fingerprint density at radius 3 is 2.77 bits per heavy atom. The van der Waals surface area contributed by atoms with E-state index in [0.29, 0.717) is 32.1 Å². The van der Waals surface area contributed by atoms with E-state index in [-0.39, 0.29) is 5.92 Å². The lowest BCUT2D eigenvalue weighted by atomic mass is 10.1. The molecular formula is C18H26ClF3N4. The molecule has 0 aliphatic carbocycles. The molecule has 1 heterocycles. The third-order valence-electron chi connectivity index (χ3n) is 4.27. The molecule has 8 heteroatoms. The second-order valence-electron chi connectivity index (χ2n) is 6.49. The van der Waals surface area contributed by atoms with Gasteiger partial charge >= 0.3 is 6.18 Å². The molecule has 1 unspecified atom stereocenters. The zero-order valence-corrected chi connectivity index (χ0v) is 15.7. The molecule has 4 nitrogen and oxygen atoms in total. The van der Waals surface area contributed by atoms with Gasteiger partial charge < -0.3 is 10.6 Å². The molecule has 146 valence electrons. The van der Waals surface area contributed by atoms with Gasteiger partial charge in [0, 0.05) is 31.2 Å². The largest absolute Gasteiger partial charge is 0.401 e. The van der Waals surface area contributed by atoms with E-state index in [2.05, 4.69) is 15.6 Å². The van der Waals surface area contributed by atoms with Crippen molar-refractivity contribution < 1.29 is 13.2 Å². The summed E-state index contributed by atoms with van der Waals surface area (Å²) >= 11 is 6.15. The normalized spacial score (nSPS) is 19.0. The van der Waals surface area contributed by atoms with Gasteiger partial charge in [0.1, 0.15) is 0 Å². The maximum absolute atomic E-state index is 12.5. The molecule has 2 rings (SSSR count). The van der Waals surface area contributed by atoms with Gasteiger partial charge in [0.2, 0.25) is 0 Å². The molecule has 0 amide bonds. The van der Waals surface area contributed by atoms with Crippen LogP contribution in [0.5, 0.6) is 0 Å². The Hall–Kier alpha value is -1.47. The first-order valence-electron chi connectivity index (χ1n) is 8.92. The highest BCUT2D eigenvalue weighted by Gasteiger charge is 2.34. The highest BCUT2D eigenvalue weighted by molar-refractivity contribution is 6.31. The molecule has 0 saturated carbocycles. The summed E-state index contributed by atoms with van der Waals surface area (Å²) in [5, 5.41) is 7.17. The van der Waals surface area contributed by atoms with E-state index in [9.17, 15) is 13.2 Å². The van der Waals surface area contributed by atoms with Crippen molar-refractivity contribution in [3.63, 3.8) is 0 Å². The number of nitrogens with zero attached hydrogens (tertiary/aromatic N) is 2. The first kappa shape index (κ1) is 20.8.